The van der Waals surface area contributed by atoms with Gasteiger partial charge in [0.05, 0.1) is 12.3 Å². The molecule has 5 heteroatoms. The number of rotatable bonds is 3. The first-order valence-electron chi connectivity index (χ1n) is 4.63. The molecule has 1 atom stereocenters. The molecule has 1 heterocycles. The summed E-state index contributed by atoms with van der Waals surface area (Å²) in [7, 11) is 0. The Morgan fingerprint density at radius 1 is 1.60 bits per heavy atom. The Morgan fingerprint density at radius 3 is 3.07 bits per heavy atom. The average Bonchev–Trinajstić information content (AvgIpc) is 2.62. The van der Waals surface area contributed by atoms with Crippen molar-refractivity contribution in [2.24, 2.45) is 0 Å². The molecule has 15 heavy (non-hydrogen) atoms. The molecule has 0 saturated heterocycles. The lowest BCUT2D eigenvalue weighted by molar-refractivity contribution is 0.299. The number of para-hydroxylation sites is 1. The third-order valence-corrected chi connectivity index (χ3v) is 2.92. The largest absolute Gasteiger partial charge is 0.431 e. The number of fused-ring (bicyclic) bond motifs is 1. The van der Waals surface area contributed by atoms with Crippen molar-refractivity contribution in [3.8, 4) is 0 Å². The van der Waals surface area contributed by atoms with E-state index in [0.717, 1.165) is 0 Å². The van der Waals surface area contributed by atoms with Crippen LogP contribution in [-0.4, -0.2) is 21.9 Å². The van der Waals surface area contributed by atoms with E-state index in [2.05, 4.69) is 4.98 Å². The minimum atomic E-state index is 0.0688. The lowest BCUT2D eigenvalue weighted by Crippen LogP contribution is -2.01. The SMILES string of the molecule is CC(CO)Sc1nc2c(N)cccc2o1. The van der Waals surface area contributed by atoms with Crippen LogP contribution in [0.1, 0.15) is 6.92 Å². The highest BCUT2D eigenvalue weighted by molar-refractivity contribution is 7.99. The van der Waals surface area contributed by atoms with Crippen LogP contribution in [0.25, 0.3) is 11.1 Å². The number of oxazole rings is 1. The Kier molecular flexibility index (Phi) is 2.83. The quantitative estimate of drug-likeness (QED) is 0.615. The van der Waals surface area contributed by atoms with Gasteiger partial charge in [-0.05, 0) is 12.1 Å². The van der Waals surface area contributed by atoms with Crippen LogP contribution >= 0.6 is 11.8 Å². The first kappa shape index (κ1) is 10.3. The van der Waals surface area contributed by atoms with E-state index in [-0.39, 0.29) is 11.9 Å². The van der Waals surface area contributed by atoms with Crippen LogP contribution in [0.2, 0.25) is 0 Å². The van der Waals surface area contributed by atoms with Gasteiger partial charge in [-0.15, -0.1) is 0 Å². The number of hydrogen-bond acceptors (Lipinski definition) is 5. The summed E-state index contributed by atoms with van der Waals surface area (Å²) in [5, 5.41) is 9.53. The molecule has 2 aromatic rings. The molecule has 1 aromatic carbocycles. The molecule has 0 aliphatic heterocycles. The molecule has 2 rings (SSSR count). The van der Waals surface area contributed by atoms with Gasteiger partial charge in [-0.25, -0.2) is 4.98 Å². The van der Waals surface area contributed by atoms with Gasteiger partial charge in [-0.1, -0.05) is 24.8 Å². The summed E-state index contributed by atoms with van der Waals surface area (Å²) in [5.74, 6) is 0. The van der Waals surface area contributed by atoms with Gasteiger partial charge >= 0.3 is 0 Å². The molecular formula is C10H12N2O2S. The smallest absolute Gasteiger partial charge is 0.257 e. The highest BCUT2D eigenvalue weighted by Crippen LogP contribution is 2.28. The lowest BCUT2D eigenvalue weighted by atomic mass is 10.3. The molecule has 0 saturated carbocycles. The predicted molar refractivity (Wildman–Crippen MR) is 60.8 cm³/mol. The maximum atomic E-state index is 8.91. The summed E-state index contributed by atoms with van der Waals surface area (Å²) in [6.45, 7) is 2.00. The van der Waals surface area contributed by atoms with Crippen molar-refractivity contribution in [3.05, 3.63) is 18.2 Å². The average molecular weight is 224 g/mol. The number of aromatic nitrogens is 1. The Morgan fingerprint density at radius 2 is 2.40 bits per heavy atom. The molecule has 0 spiro atoms. The fourth-order valence-corrected chi connectivity index (χ4v) is 1.91. The van der Waals surface area contributed by atoms with Crippen LogP contribution in [0.5, 0.6) is 0 Å². The molecule has 1 unspecified atom stereocenters. The van der Waals surface area contributed by atoms with Gasteiger partial charge in [0.2, 0.25) is 0 Å². The van der Waals surface area contributed by atoms with E-state index in [1.807, 2.05) is 19.1 Å². The number of thioether (sulfide) groups is 1. The molecule has 0 fully saturated rings. The van der Waals surface area contributed by atoms with Gasteiger partial charge in [0, 0.05) is 5.25 Å². The predicted octanol–water partition coefficient (Wildman–Crippen LogP) is 1.88. The van der Waals surface area contributed by atoms with E-state index in [1.54, 1.807) is 6.07 Å². The molecule has 3 N–H and O–H groups in total. The molecular weight excluding hydrogens is 212 g/mol. The lowest BCUT2D eigenvalue weighted by Gasteiger charge is -2.01. The normalized spacial score (nSPS) is 13.2. The maximum absolute atomic E-state index is 8.91. The second-order valence-corrected chi connectivity index (χ2v) is 4.67. The Bertz CT molecular complexity index is 469. The summed E-state index contributed by atoms with van der Waals surface area (Å²) in [4.78, 5) is 4.26. The van der Waals surface area contributed by atoms with E-state index < -0.39 is 0 Å². The number of aliphatic hydroxyl groups is 1. The van der Waals surface area contributed by atoms with Gasteiger partial charge < -0.3 is 15.3 Å². The van der Waals surface area contributed by atoms with Crippen LogP contribution in [0, 0.1) is 0 Å². The number of nitrogens with two attached hydrogens (primary N) is 1. The Hall–Kier alpha value is -1.20. The number of hydrogen-bond donors (Lipinski definition) is 2. The zero-order valence-corrected chi connectivity index (χ0v) is 9.12. The highest BCUT2D eigenvalue weighted by Gasteiger charge is 2.11. The number of anilines is 1. The van der Waals surface area contributed by atoms with Crippen molar-refractivity contribution in [1.82, 2.24) is 4.98 Å². The molecule has 1 aromatic heterocycles. The third kappa shape index (κ3) is 2.08. The molecule has 0 aliphatic rings. The number of benzene rings is 1. The van der Waals surface area contributed by atoms with Crippen molar-refractivity contribution in [3.63, 3.8) is 0 Å². The Balaban J connectivity index is 2.35. The van der Waals surface area contributed by atoms with Crippen molar-refractivity contribution >= 4 is 28.5 Å². The monoisotopic (exact) mass is 224 g/mol. The second kappa shape index (κ2) is 4.12. The minimum absolute atomic E-state index is 0.0688. The van der Waals surface area contributed by atoms with E-state index in [1.165, 1.54) is 11.8 Å². The van der Waals surface area contributed by atoms with Gasteiger partial charge in [0.15, 0.2) is 5.58 Å². The maximum Gasteiger partial charge on any atom is 0.257 e. The van der Waals surface area contributed by atoms with Crippen LogP contribution in [0.15, 0.2) is 27.8 Å². The summed E-state index contributed by atoms with van der Waals surface area (Å²) in [5.41, 5.74) is 7.73. The fourth-order valence-electron chi connectivity index (χ4n) is 1.21. The zero-order chi connectivity index (χ0) is 10.8. The molecule has 4 nitrogen and oxygen atoms in total. The van der Waals surface area contributed by atoms with Crippen LogP contribution in [0.4, 0.5) is 5.69 Å². The summed E-state index contributed by atoms with van der Waals surface area (Å²) >= 11 is 1.39. The number of nitrogen functional groups attached to an aromatic ring is 1. The van der Waals surface area contributed by atoms with E-state index in [9.17, 15) is 0 Å². The first-order valence-corrected chi connectivity index (χ1v) is 5.51. The van der Waals surface area contributed by atoms with Crippen LogP contribution in [-0.2, 0) is 0 Å². The summed E-state index contributed by atoms with van der Waals surface area (Å²) in [6, 6.07) is 5.44. The van der Waals surface area contributed by atoms with Crippen molar-refractivity contribution in [2.75, 3.05) is 12.3 Å². The molecule has 0 amide bonds. The minimum Gasteiger partial charge on any atom is -0.431 e. The van der Waals surface area contributed by atoms with E-state index in [4.69, 9.17) is 15.3 Å². The fraction of sp³-hybridized carbons (Fsp3) is 0.300. The van der Waals surface area contributed by atoms with Gasteiger partial charge in [0.1, 0.15) is 5.52 Å². The zero-order valence-electron chi connectivity index (χ0n) is 8.30. The van der Waals surface area contributed by atoms with Crippen molar-refractivity contribution in [2.45, 2.75) is 17.4 Å². The number of aliphatic hydroxyl groups excluding tert-OH is 1. The highest BCUT2D eigenvalue weighted by atomic mass is 32.2. The van der Waals surface area contributed by atoms with Gasteiger partial charge in [-0.2, -0.15) is 0 Å². The van der Waals surface area contributed by atoms with E-state index >= 15 is 0 Å². The van der Waals surface area contributed by atoms with E-state index in [0.29, 0.717) is 22.0 Å². The van der Waals surface area contributed by atoms with Crippen molar-refractivity contribution in [1.29, 1.82) is 0 Å². The Labute approximate surface area is 91.5 Å². The second-order valence-electron chi connectivity index (χ2n) is 3.28. The van der Waals surface area contributed by atoms with Crippen molar-refractivity contribution < 1.29 is 9.52 Å². The molecule has 0 aliphatic carbocycles. The van der Waals surface area contributed by atoms with Crippen LogP contribution in [0.3, 0.4) is 0 Å². The molecule has 80 valence electrons. The van der Waals surface area contributed by atoms with Crippen LogP contribution < -0.4 is 5.73 Å². The topological polar surface area (TPSA) is 72.3 Å². The van der Waals surface area contributed by atoms with Gasteiger partial charge in [-0.3, -0.25) is 0 Å². The summed E-state index contributed by atoms with van der Waals surface area (Å²) in [6.07, 6.45) is 0. The van der Waals surface area contributed by atoms with Gasteiger partial charge in [0.25, 0.3) is 5.22 Å². The standard InChI is InChI=1S/C10H12N2O2S/c1-6(5-13)15-10-12-9-7(11)3-2-4-8(9)14-10/h2-4,6,13H,5,11H2,1H3. The third-order valence-electron chi connectivity index (χ3n) is 1.99. The molecule has 0 radical (unpaired) electrons. The summed E-state index contributed by atoms with van der Waals surface area (Å²) < 4.78 is 5.48. The first-order chi connectivity index (χ1) is 7.20. The molecule has 0 bridgehead atoms. The number of nitrogens with zero attached hydrogens (tertiary/aromatic N) is 1.